The first-order valence-electron chi connectivity index (χ1n) is 6.67. The number of nitrogens with one attached hydrogen (secondary N) is 1. The van der Waals surface area contributed by atoms with Crippen LogP contribution in [-0.2, 0) is 4.74 Å². The van der Waals surface area contributed by atoms with Gasteiger partial charge in [0.2, 0.25) is 5.43 Å². The fourth-order valence-corrected chi connectivity index (χ4v) is 2.02. The predicted molar refractivity (Wildman–Crippen MR) is 83.8 cm³/mol. The van der Waals surface area contributed by atoms with Crippen molar-refractivity contribution in [2.75, 3.05) is 20.3 Å². The SMILES string of the molecule is COCCNC(=O)c1nn(-c2ccc(Cl)cc2)c(C)cc1=O. The molecule has 0 saturated carbocycles. The van der Waals surface area contributed by atoms with E-state index in [2.05, 4.69) is 10.4 Å². The number of benzene rings is 1. The number of nitrogens with zero attached hydrogens (tertiary/aromatic N) is 2. The van der Waals surface area contributed by atoms with Crippen molar-refractivity contribution in [3.05, 3.63) is 57.0 Å². The molecule has 1 aromatic heterocycles. The summed E-state index contributed by atoms with van der Waals surface area (Å²) < 4.78 is 6.38. The summed E-state index contributed by atoms with van der Waals surface area (Å²) in [7, 11) is 1.53. The van der Waals surface area contributed by atoms with Gasteiger partial charge in [-0.1, -0.05) is 11.6 Å². The number of amides is 1. The van der Waals surface area contributed by atoms with Gasteiger partial charge in [0.15, 0.2) is 5.69 Å². The molecule has 1 N–H and O–H groups in total. The van der Waals surface area contributed by atoms with Gasteiger partial charge >= 0.3 is 0 Å². The second kappa shape index (κ2) is 7.20. The van der Waals surface area contributed by atoms with Crippen LogP contribution in [-0.4, -0.2) is 35.9 Å². The van der Waals surface area contributed by atoms with E-state index in [1.54, 1.807) is 31.2 Å². The molecule has 7 heteroatoms. The van der Waals surface area contributed by atoms with Crippen molar-refractivity contribution >= 4 is 17.5 Å². The van der Waals surface area contributed by atoms with Crippen molar-refractivity contribution in [3.63, 3.8) is 0 Å². The molecule has 22 heavy (non-hydrogen) atoms. The fourth-order valence-electron chi connectivity index (χ4n) is 1.90. The fraction of sp³-hybridized carbons (Fsp3) is 0.267. The molecule has 0 bridgehead atoms. The van der Waals surface area contributed by atoms with Crippen LogP contribution in [0.5, 0.6) is 0 Å². The zero-order valence-electron chi connectivity index (χ0n) is 12.3. The van der Waals surface area contributed by atoms with Crippen LogP contribution in [0.4, 0.5) is 0 Å². The van der Waals surface area contributed by atoms with Crippen LogP contribution < -0.4 is 10.7 Å². The number of aryl methyl sites for hydroxylation is 1. The second-order valence-electron chi connectivity index (χ2n) is 4.64. The third-order valence-corrected chi connectivity index (χ3v) is 3.24. The van der Waals surface area contributed by atoms with Gasteiger partial charge in [0.25, 0.3) is 5.91 Å². The molecule has 1 aromatic carbocycles. The molecule has 0 fully saturated rings. The van der Waals surface area contributed by atoms with Crippen molar-refractivity contribution in [3.8, 4) is 5.69 Å². The number of carbonyl (C=O) groups excluding carboxylic acids is 1. The molecule has 0 aliphatic heterocycles. The Balaban J connectivity index is 2.36. The molecule has 6 nitrogen and oxygen atoms in total. The number of ether oxygens (including phenoxy) is 1. The minimum atomic E-state index is -0.523. The molecule has 1 amide bonds. The summed E-state index contributed by atoms with van der Waals surface area (Å²) in [6.45, 7) is 2.42. The molecule has 2 aromatic rings. The van der Waals surface area contributed by atoms with Crippen LogP contribution in [0.25, 0.3) is 5.69 Å². The van der Waals surface area contributed by atoms with Crippen LogP contribution in [0, 0.1) is 6.92 Å². The lowest BCUT2D eigenvalue weighted by Crippen LogP contribution is -2.33. The molecule has 0 atom stereocenters. The van der Waals surface area contributed by atoms with Crippen LogP contribution in [0.3, 0.4) is 0 Å². The molecule has 116 valence electrons. The van der Waals surface area contributed by atoms with Gasteiger partial charge in [0, 0.05) is 30.4 Å². The molecule has 0 unspecified atom stereocenters. The highest BCUT2D eigenvalue weighted by molar-refractivity contribution is 6.30. The van der Waals surface area contributed by atoms with Crippen molar-refractivity contribution in [2.45, 2.75) is 6.92 Å². The summed E-state index contributed by atoms with van der Waals surface area (Å²) in [5.41, 5.74) is 0.767. The van der Waals surface area contributed by atoms with Crippen molar-refractivity contribution in [1.29, 1.82) is 0 Å². The van der Waals surface area contributed by atoms with E-state index in [0.717, 1.165) is 0 Å². The molecule has 0 saturated heterocycles. The maximum absolute atomic E-state index is 12.0. The van der Waals surface area contributed by atoms with E-state index in [1.165, 1.54) is 17.9 Å². The monoisotopic (exact) mass is 321 g/mol. The molecule has 2 rings (SSSR count). The Bertz CT molecular complexity index is 726. The Hall–Kier alpha value is -2.18. The van der Waals surface area contributed by atoms with E-state index >= 15 is 0 Å². The van der Waals surface area contributed by atoms with Crippen LogP contribution in [0.1, 0.15) is 16.2 Å². The number of methoxy groups -OCH3 is 1. The Kier molecular flexibility index (Phi) is 5.30. The van der Waals surface area contributed by atoms with Crippen LogP contribution in [0.15, 0.2) is 35.1 Å². The molecule has 0 aliphatic rings. The average molecular weight is 322 g/mol. The maximum atomic E-state index is 12.0. The summed E-state index contributed by atoms with van der Waals surface area (Å²) in [5, 5.41) is 7.34. The number of hydrogen-bond donors (Lipinski definition) is 1. The Morgan fingerprint density at radius 2 is 2.05 bits per heavy atom. The molecular formula is C15H16ClN3O3. The molecule has 0 aliphatic carbocycles. The Labute approximate surface area is 132 Å². The van der Waals surface area contributed by atoms with E-state index in [9.17, 15) is 9.59 Å². The lowest BCUT2D eigenvalue weighted by Gasteiger charge is -2.11. The van der Waals surface area contributed by atoms with E-state index in [0.29, 0.717) is 29.6 Å². The van der Waals surface area contributed by atoms with Gasteiger partial charge in [0.05, 0.1) is 12.3 Å². The summed E-state index contributed by atoms with van der Waals surface area (Å²) >= 11 is 5.86. The van der Waals surface area contributed by atoms with Crippen molar-refractivity contribution in [1.82, 2.24) is 15.1 Å². The number of carbonyl (C=O) groups is 1. The van der Waals surface area contributed by atoms with E-state index in [-0.39, 0.29) is 5.69 Å². The quantitative estimate of drug-likeness (QED) is 0.848. The number of rotatable bonds is 5. The van der Waals surface area contributed by atoms with Gasteiger partial charge in [-0.05, 0) is 31.2 Å². The summed E-state index contributed by atoms with van der Waals surface area (Å²) in [6, 6.07) is 8.34. The number of hydrogen-bond acceptors (Lipinski definition) is 4. The molecule has 1 heterocycles. The number of aromatic nitrogens is 2. The van der Waals surface area contributed by atoms with Gasteiger partial charge in [0.1, 0.15) is 0 Å². The zero-order valence-corrected chi connectivity index (χ0v) is 13.1. The van der Waals surface area contributed by atoms with Crippen LogP contribution >= 0.6 is 11.6 Å². The topological polar surface area (TPSA) is 73.2 Å². The van der Waals surface area contributed by atoms with Gasteiger partial charge in [-0.25, -0.2) is 4.68 Å². The summed E-state index contributed by atoms with van der Waals surface area (Å²) in [4.78, 5) is 24.0. The minimum absolute atomic E-state index is 0.156. The summed E-state index contributed by atoms with van der Waals surface area (Å²) in [5.74, 6) is -0.523. The number of halogens is 1. The lowest BCUT2D eigenvalue weighted by molar-refractivity contribution is 0.0929. The Morgan fingerprint density at radius 3 is 2.68 bits per heavy atom. The normalized spacial score (nSPS) is 10.5. The maximum Gasteiger partial charge on any atom is 0.275 e. The zero-order chi connectivity index (χ0) is 16.1. The highest BCUT2D eigenvalue weighted by Crippen LogP contribution is 2.13. The average Bonchev–Trinajstić information content (AvgIpc) is 2.48. The summed E-state index contributed by atoms with van der Waals surface area (Å²) in [6.07, 6.45) is 0. The van der Waals surface area contributed by atoms with E-state index < -0.39 is 11.3 Å². The molecular weight excluding hydrogens is 306 g/mol. The van der Waals surface area contributed by atoms with Gasteiger partial charge in [-0.15, -0.1) is 0 Å². The van der Waals surface area contributed by atoms with Crippen molar-refractivity contribution < 1.29 is 9.53 Å². The van der Waals surface area contributed by atoms with Crippen molar-refractivity contribution in [2.24, 2.45) is 0 Å². The van der Waals surface area contributed by atoms with Crippen LogP contribution in [0.2, 0.25) is 5.02 Å². The standard InChI is InChI=1S/C15H16ClN3O3/c1-10-9-13(20)14(15(21)17-7-8-22-2)18-19(10)12-5-3-11(16)4-6-12/h3-6,9H,7-8H2,1-2H3,(H,17,21). The van der Waals surface area contributed by atoms with Gasteiger partial charge in [-0.3, -0.25) is 9.59 Å². The van der Waals surface area contributed by atoms with E-state index in [4.69, 9.17) is 16.3 Å². The third-order valence-electron chi connectivity index (χ3n) is 2.99. The minimum Gasteiger partial charge on any atom is -0.383 e. The molecule has 0 spiro atoms. The van der Waals surface area contributed by atoms with Gasteiger partial charge in [-0.2, -0.15) is 5.10 Å². The lowest BCUT2D eigenvalue weighted by atomic mass is 10.2. The third kappa shape index (κ3) is 3.72. The Morgan fingerprint density at radius 1 is 1.36 bits per heavy atom. The first kappa shape index (κ1) is 16.2. The van der Waals surface area contributed by atoms with E-state index in [1.807, 2.05) is 0 Å². The highest BCUT2D eigenvalue weighted by atomic mass is 35.5. The highest BCUT2D eigenvalue weighted by Gasteiger charge is 2.14. The molecule has 0 radical (unpaired) electrons. The second-order valence-corrected chi connectivity index (χ2v) is 5.07. The largest absolute Gasteiger partial charge is 0.383 e. The first-order valence-corrected chi connectivity index (χ1v) is 7.05. The predicted octanol–water partition coefficient (Wildman–Crippen LogP) is 1.57. The first-order chi connectivity index (χ1) is 10.5. The smallest absolute Gasteiger partial charge is 0.275 e. The van der Waals surface area contributed by atoms with Gasteiger partial charge < -0.3 is 10.1 Å².